The van der Waals surface area contributed by atoms with E-state index in [0.29, 0.717) is 0 Å². The molecule has 1 unspecified atom stereocenters. The Morgan fingerprint density at radius 3 is 2.68 bits per heavy atom. The Balaban J connectivity index is 2.27. The van der Waals surface area contributed by atoms with Gasteiger partial charge in [-0.2, -0.15) is 0 Å². The molecule has 2 rings (SSSR count). The van der Waals surface area contributed by atoms with Gasteiger partial charge in [-0.3, -0.25) is 0 Å². The van der Waals surface area contributed by atoms with Crippen LogP contribution in [0, 0.1) is 0 Å². The minimum Gasteiger partial charge on any atom is -0.497 e. The van der Waals surface area contributed by atoms with Crippen molar-refractivity contribution in [1.82, 2.24) is 0 Å². The van der Waals surface area contributed by atoms with Gasteiger partial charge in [-0.1, -0.05) is 43.0 Å². The summed E-state index contributed by atoms with van der Waals surface area (Å²) >= 11 is 1.73. The summed E-state index contributed by atoms with van der Waals surface area (Å²) in [4.78, 5) is 2.38. The van der Waals surface area contributed by atoms with Crippen molar-refractivity contribution < 1.29 is 4.74 Å². The summed E-state index contributed by atoms with van der Waals surface area (Å²) in [5.74, 6) is 0.877. The van der Waals surface area contributed by atoms with Crippen LogP contribution in [0.1, 0.15) is 24.9 Å². The van der Waals surface area contributed by atoms with E-state index in [1.54, 1.807) is 18.9 Å². The topological polar surface area (TPSA) is 35.2 Å². The Bertz CT molecular complexity index is 542. The Kier molecular flexibility index (Phi) is 4.88. The highest BCUT2D eigenvalue weighted by Gasteiger charge is 2.10. The van der Waals surface area contributed by atoms with E-state index in [-0.39, 0.29) is 6.04 Å². The minimum absolute atomic E-state index is 0.0920. The summed E-state index contributed by atoms with van der Waals surface area (Å²) in [6.07, 6.45) is 0.940. The molecule has 2 nitrogen and oxygen atoms in total. The summed E-state index contributed by atoms with van der Waals surface area (Å²) in [5, 5.41) is 0. The molecule has 0 aliphatic heterocycles. The molecule has 1 atom stereocenters. The monoisotopic (exact) mass is 273 g/mol. The zero-order chi connectivity index (χ0) is 13.7. The number of rotatable bonds is 5. The van der Waals surface area contributed by atoms with Gasteiger partial charge in [0.2, 0.25) is 0 Å². The lowest BCUT2D eigenvalue weighted by Crippen LogP contribution is -2.09. The highest BCUT2D eigenvalue weighted by atomic mass is 32.2. The molecule has 0 aliphatic rings. The van der Waals surface area contributed by atoms with Crippen LogP contribution >= 0.6 is 11.8 Å². The second kappa shape index (κ2) is 6.64. The maximum Gasteiger partial charge on any atom is 0.119 e. The fourth-order valence-corrected chi connectivity index (χ4v) is 2.95. The lowest BCUT2D eigenvalue weighted by atomic mass is 10.1. The van der Waals surface area contributed by atoms with Crippen molar-refractivity contribution in [2.24, 2.45) is 5.73 Å². The molecule has 0 bridgehead atoms. The molecular weight excluding hydrogens is 254 g/mol. The maximum atomic E-state index is 6.17. The molecular formula is C16H19NOS. The standard InChI is InChI=1S/C16H19NOS/c1-3-15(17)14-9-4-5-10-16(14)19-13-8-6-7-12(11-13)18-2/h4-11,15H,3,17H2,1-2H3. The average Bonchev–Trinajstić information content (AvgIpc) is 2.47. The van der Waals surface area contributed by atoms with Crippen molar-refractivity contribution >= 4 is 11.8 Å². The van der Waals surface area contributed by atoms with Gasteiger partial charge in [0.15, 0.2) is 0 Å². The summed E-state index contributed by atoms with van der Waals surface area (Å²) in [6.45, 7) is 2.11. The lowest BCUT2D eigenvalue weighted by Gasteiger charge is -2.14. The number of nitrogens with two attached hydrogens (primary N) is 1. The van der Waals surface area contributed by atoms with Gasteiger partial charge in [-0.25, -0.2) is 0 Å². The molecule has 3 heteroatoms. The van der Waals surface area contributed by atoms with E-state index in [0.717, 1.165) is 17.1 Å². The van der Waals surface area contributed by atoms with Gasteiger partial charge in [0.1, 0.15) is 5.75 Å². The fraction of sp³-hybridized carbons (Fsp3) is 0.250. The number of hydrogen-bond donors (Lipinski definition) is 1. The Hall–Kier alpha value is -1.45. The van der Waals surface area contributed by atoms with Crippen LogP contribution in [0.2, 0.25) is 0 Å². The molecule has 0 fully saturated rings. The number of hydrogen-bond acceptors (Lipinski definition) is 3. The fourth-order valence-electron chi connectivity index (χ4n) is 1.89. The van der Waals surface area contributed by atoms with Crippen LogP contribution in [0.4, 0.5) is 0 Å². The molecule has 0 radical (unpaired) electrons. The van der Waals surface area contributed by atoms with Crippen molar-refractivity contribution in [3.63, 3.8) is 0 Å². The normalized spacial score (nSPS) is 12.2. The molecule has 0 amide bonds. The van der Waals surface area contributed by atoms with Gasteiger partial charge in [0.25, 0.3) is 0 Å². The molecule has 0 aliphatic carbocycles. The van der Waals surface area contributed by atoms with Crippen molar-refractivity contribution in [2.45, 2.75) is 29.2 Å². The molecule has 0 saturated heterocycles. The second-order valence-electron chi connectivity index (χ2n) is 4.33. The highest BCUT2D eigenvalue weighted by Crippen LogP contribution is 2.34. The van der Waals surface area contributed by atoms with E-state index in [9.17, 15) is 0 Å². The van der Waals surface area contributed by atoms with Gasteiger partial charge in [-0.15, -0.1) is 0 Å². The van der Waals surface area contributed by atoms with Crippen LogP contribution in [0.3, 0.4) is 0 Å². The van der Waals surface area contributed by atoms with E-state index < -0.39 is 0 Å². The SMILES string of the molecule is CCC(N)c1ccccc1Sc1cccc(OC)c1. The predicted molar refractivity (Wildman–Crippen MR) is 80.8 cm³/mol. The third-order valence-corrected chi connectivity index (χ3v) is 4.11. The summed E-state index contributed by atoms with van der Waals surface area (Å²) < 4.78 is 5.25. The van der Waals surface area contributed by atoms with Crippen LogP contribution in [0.5, 0.6) is 5.75 Å². The third-order valence-electron chi connectivity index (χ3n) is 3.03. The van der Waals surface area contributed by atoms with Gasteiger partial charge in [-0.05, 0) is 36.2 Å². The Morgan fingerprint density at radius 2 is 1.95 bits per heavy atom. The van der Waals surface area contributed by atoms with Crippen LogP contribution in [-0.2, 0) is 0 Å². The number of ether oxygens (including phenoxy) is 1. The van der Waals surface area contributed by atoms with Crippen molar-refractivity contribution in [3.8, 4) is 5.75 Å². The van der Waals surface area contributed by atoms with E-state index in [1.807, 2.05) is 30.3 Å². The van der Waals surface area contributed by atoms with Gasteiger partial charge >= 0.3 is 0 Å². The van der Waals surface area contributed by atoms with Crippen LogP contribution in [0.25, 0.3) is 0 Å². The zero-order valence-electron chi connectivity index (χ0n) is 11.3. The van der Waals surface area contributed by atoms with Crippen molar-refractivity contribution in [1.29, 1.82) is 0 Å². The molecule has 0 heterocycles. The maximum absolute atomic E-state index is 6.17. The van der Waals surface area contributed by atoms with E-state index in [2.05, 4.69) is 25.1 Å². The predicted octanol–water partition coefficient (Wildman–Crippen LogP) is 4.26. The van der Waals surface area contributed by atoms with Gasteiger partial charge < -0.3 is 10.5 Å². The van der Waals surface area contributed by atoms with Crippen LogP contribution in [-0.4, -0.2) is 7.11 Å². The smallest absolute Gasteiger partial charge is 0.119 e. The zero-order valence-corrected chi connectivity index (χ0v) is 12.1. The first kappa shape index (κ1) is 14.0. The number of benzene rings is 2. The Morgan fingerprint density at radius 1 is 1.16 bits per heavy atom. The third kappa shape index (κ3) is 3.52. The lowest BCUT2D eigenvalue weighted by molar-refractivity contribution is 0.413. The first-order chi connectivity index (χ1) is 9.24. The second-order valence-corrected chi connectivity index (χ2v) is 5.45. The summed E-state index contributed by atoms with van der Waals surface area (Å²) in [7, 11) is 1.69. The molecule has 0 saturated carbocycles. The minimum atomic E-state index is 0.0920. The van der Waals surface area contributed by atoms with Gasteiger partial charge in [0, 0.05) is 15.8 Å². The van der Waals surface area contributed by atoms with Crippen molar-refractivity contribution in [3.05, 3.63) is 54.1 Å². The first-order valence-electron chi connectivity index (χ1n) is 6.41. The quantitative estimate of drug-likeness (QED) is 0.884. The van der Waals surface area contributed by atoms with E-state index in [1.165, 1.54) is 10.5 Å². The summed E-state index contributed by atoms with van der Waals surface area (Å²) in [5.41, 5.74) is 7.37. The van der Waals surface area contributed by atoms with E-state index >= 15 is 0 Å². The molecule has 2 aromatic rings. The van der Waals surface area contributed by atoms with Crippen LogP contribution < -0.4 is 10.5 Å². The molecule has 0 spiro atoms. The molecule has 2 aromatic carbocycles. The van der Waals surface area contributed by atoms with E-state index in [4.69, 9.17) is 10.5 Å². The molecule has 19 heavy (non-hydrogen) atoms. The Labute approximate surface area is 119 Å². The summed E-state index contributed by atoms with van der Waals surface area (Å²) in [6, 6.07) is 16.5. The largest absolute Gasteiger partial charge is 0.497 e. The molecule has 100 valence electrons. The molecule has 2 N–H and O–H groups in total. The average molecular weight is 273 g/mol. The number of methoxy groups -OCH3 is 1. The van der Waals surface area contributed by atoms with Crippen molar-refractivity contribution in [2.75, 3.05) is 7.11 Å². The first-order valence-corrected chi connectivity index (χ1v) is 7.22. The van der Waals surface area contributed by atoms with Crippen LogP contribution in [0.15, 0.2) is 58.3 Å². The van der Waals surface area contributed by atoms with Gasteiger partial charge in [0.05, 0.1) is 7.11 Å². The molecule has 0 aromatic heterocycles. The highest BCUT2D eigenvalue weighted by molar-refractivity contribution is 7.99.